The Morgan fingerprint density at radius 3 is 2.33 bits per heavy atom. The molecule has 0 amide bonds. The fourth-order valence-electron chi connectivity index (χ4n) is 2.71. The second kappa shape index (κ2) is 8.98. The number of halogens is 1. The fourth-order valence-corrected chi connectivity index (χ4v) is 4.03. The minimum absolute atomic E-state index is 0.0680. The summed E-state index contributed by atoms with van der Waals surface area (Å²) in [4.78, 5) is 13.8. The molecule has 5 heteroatoms. The molecule has 0 saturated heterocycles. The maximum absolute atomic E-state index is 12.9. The average molecular weight is 398 g/mol. The smallest absolute Gasteiger partial charge is 0.164 e. The first-order valence-corrected chi connectivity index (χ1v) is 9.76. The summed E-state index contributed by atoms with van der Waals surface area (Å²) < 4.78 is 5.16. The van der Waals surface area contributed by atoms with Crippen LogP contribution < -0.4 is 10.5 Å². The molecular weight excluding hydrogens is 378 g/mol. The molecule has 0 heterocycles. The van der Waals surface area contributed by atoms with Gasteiger partial charge in [0.25, 0.3) is 0 Å². The Morgan fingerprint density at radius 2 is 1.70 bits per heavy atom. The molecule has 0 radical (unpaired) electrons. The molecule has 3 aromatic rings. The lowest BCUT2D eigenvalue weighted by molar-refractivity contribution is 0.0982. The lowest BCUT2D eigenvalue weighted by Crippen LogP contribution is -2.06. The monoisotopic (exact) mass is 397 g/mol. The molecule has 0 aliphatic carbocycles. The van der Waals surface area contributed by atoms with Gasteiger partial charge in [-0.25, -0.2) is 0 Å². The van der Waals surface area contributed by atoms with Crippen LogP contribution in [0.3, 0.4) is 0 Å². The van der Waals surface area contributed by atoms with Gasteiger partial charge >= 0.3 is 0 Å². The van der Waals surface area contributed by atoms with Crippen LogP contribution >= 0.6 is 23.4 Å². The van der Waals surface area contributed by atoms with E-state index < -0.39 is 0 Å². The van der Waals surface area contributed by atoms with Crippen LogP contribution in [0.15, 0.2) is 77.7 Å². The van der Waals surface area contributed by atoms with Crippen molar-refractivity contribution in [2.45, 2.75) is 16.6 Å². The highest BCUT2D eigenvalue weighted by Crippen LogP contribution is 2.41. The van der Waals surface area contributed by atoms with Crippen LogP contribution in [0, 0.1) is 0 Å². The normalized spacial score (nSPS) is 11.8. The van der Waals surface area contributed by atoms with E-state index in [-0.39, 0.29) is 11.0 Å². The summed E-state index contributed by atoms with van der Waals surface area (Å²) in [7, 11) is 1.61. The second-order valence-electron chi connectivity index (χ2n) is 6.05. The van der Waals surface area contributed by atoms with Gasteiger partial charge in [-0.15, -0.1) is 11.8 Å². The predicted octanol–water partition coefficient (Wildman–Crippen LogP) is 6.04. The molecule has 3 nitrogen and oxygen atoms in total. The Labute approximate surface area is 168 Å². The number of ether oxygens (including phenoxy) is 1. The van der Waals surface area contributed by atoms with Gasteiger partial charge in [-0.3, -0.25) is 4.79 Å². The number of ketones is 1. The Bertz CT molecular complexity index is 910. The van der Waals surface area contributed by atoms with E-state index in [4.69, 9.17) is 22.1 Å². The van der Waals surface area contributed by atoms with Crippen molar-refractivity contribution in [3.8, 4) is 5.75 Å². The van der Waals surface area contributed by atoms with E-state index in [1.54, 1.807) is 43.1 Å². The molecule has 0 fully saturated rings. The summed E-state index contributed by atoms with van der Waals surface area (Å²) in [6, 6.07) is 22.5. The van der Waals surface area contributed by atoms with Crippen LogP contribution in [-0.4, -0.2) is 12.9 Å². The summed E-state index contributed by atoms with van der Waals surface area (Å²) in [6.07, 6.45) is 0.354. The number of nitrogens with two attached hydrogens (primary N) is 1. The number of para-hydroxylation sites is 1. The first kappa shape index (κ1) is 19.3. The quantitative estimate of drug-likeness (QED) is 0.300. The number of Topliss-reactive ketones (excluding diaryl/α,β-unsaturated/α-hetero) is 1. The van der Waals surface area contributed by atoms with Gasteiger partial charge in [0, 0.05) is 32.8 Å². The number of methoxy groups -OCH3 is 1. The van der Waals surface area contributed by atoms with Crippen molar-refractivity contribution in [3.63, 3.8) is 0 Å². The SMILES string of the molecule is COc1ccc(C(=O)CC(Sc2ccccc2N)c2ccc(Cl)cc2)cc1. The molecule has 1 unspecified atom stereocenters. The molecule has 138 valence electrons. The van der Waals surface area contributed by atoms with E-state index in [9.17, 15) is 4.79 Å². The molecule has 0 saturated carbocycles. The number of carbonyl (C=O) groups excluding carboxylic acids is 1. The largest absolute Gasteiger partial charge is 0.497 e. The Kier molecular flexibility index (Phi) is 6.43. The molecule has 0 aliphatic rings. The van der Waals surface area contributed by atoms with Gasteiger partial charge in [-0.05, 0) is 54.1 Å². The van der Waals surface area contributed by atoms with Gasteiger partial charge in [0.2, 0.25) is 0 Å². The van der Waals surface area contributed by atoms with Crippen molar-refractivity contribution in [2.24, 2.45) is 0 Å². The zero-order valence-corrected chi connectivity index (χ0v) is 16.5. The summed E-state index contributed by atoms with van der Waals surface area (Å²) in [6.45, 7) is 0. The number of anilines is 1. The van der Waals surface area contributed by atoms with E-state index in [1.165, 1.54) is 0 Å². The number of hydrogen-bond donors (Lipinski definition) is 1. The van der Waals surface area contributed by atoms with Gasteiger partial charge in [-0.2, -0.15) is 0 Å². The highest BCUT2D eigenvalue weighted by atomic mass is 35.5. The van der Waals surface area contributed by atoms with Crippen LogP contribution in [0.2, 0.25) is 5.02 Å². The van der Waals surface area contributed by atoms with E-state index >= 15 is 0 Å². The third-order valence-electron chi connectivity index (χ3n) is 4.21. The predicted molar refractivity (Wildman–Crippen MR) is 113 cm³/mol. The highest BCUT2D eigenvalue weighted by Gasteiger charge is 2.20. The van der Waals surface area contributed by atoms with Crippen molar-refractivity contribution < 1.29 is 9.53 Å². The molecule has 3 rings (SSSR count). The molecule has 3 aromatic carbocycles. The highest BCUT2D eigenvalue weighted by molar-refractivity contribution is 7.99. The number of hydrogen-bond acceptors (Lipinski definition) is 4. The summed E-state index contributed by atoms with van der Waals surface area (Å²) in [5, 5.41) is 0.602. The first-order valence-electron chi connectivity index (χ1n) is 8.50. The van der Waals surface area contributed by atoms with Crippen LogP contribution in [-0.2, 0) is 0 Å². The Morgan fingerprint density at radius 1 is 1.04 bits per heavy atom. The lowest BCUT2D eigenvalue weighted by atomic mass is 10.0. The fraction of sp³-hybridized carbons (Fsp3) is 0.136. The van der Waals surface area contributed by atoms with E-state index in [2.05, 4.69) is 0 Å². The van der Waals surface area contributed by atoms with Crippen LogP contribution in [0.1, 0.15) is 27.6 Å². The van der Waals surface area contributed by atoms with Crippen molar-refractivity contribution >= 4 is 34.8 Å². The Hall–Kier alpha value is -2.43. The lowest BCUT2D eigenvalue weighted by Gasteiger charge is -2.18. The zero-order valence-electron chi connectivity index (χ0n) is 14.9. The first-order chi connectivity index (χ1) is 13.1. The molecule has 1 atom stereocenters. The minimum atomic E-state index is -0.0680. The number of benzene rings is 3. The molecular formula is C22H20ClNO2S. The number of nitrogen functional groups attached to an aromatic ring is 1. The van der Waals surface area contributed by atoms with Crippen LogP contribution in [0.5, 0.6) is 5.75 Å². The van der Waals surface area contributed by atoms with E-state index in [0.29, 0.717) is 22.7 Å². The third kappa shape index (κ3) is 5.06. The van der Waals surface area contributed by atoms with Crippen molar-refractivity contribution in [3.05, 3.63) is 88.9 Å². The molecule has 27 heavy (non-hydrogen) atoms. The van der Waals surface area contributed by atoms with Crippen molar-refractivity contribution in [1.82, 2.24) is 0 Å². The average Bonchev–Trinajstić information content (AvgIpc) is 2.69. The minimum Gasteiger partial charge on any atom is -0.497 e. The maximum Gasteiger partial charge on any atom is 0.164 e. The number of carbonyl (C=O) groups is 1. The van der Waals surface area contributed by atoms with Gasteiger partial charge in [-0.1, -0.05) is 35.9 Å². The van der Waals surface area contributed by atoms with Crippen LogP contribution in [0.4, 0.5) is 5.69 Å². The summed E-state index contributed by atoms with van der Waals surface area (Å²) in [5.74, 6) is 0.798. The number of rotatable bonds is 7. The molecule has 0 bridgehead atoms. The van der Waals surface area contributed by atoms with E-state index in [1.807, 2.05) is 48.5 Å². The van der Waals surface area contributed by atoms with Gasteiger partial charge < -0.3 is 10.5 Å². The van der Waals surface area contributed by atoms with Gasteiger partial charge in [0.15, 0.2) is 5.78 Å². The Balaban J connectivity index is 1.85. The summed E-state index contributed by atoms with van der Waals surface area (Å²) >= 11 is 7.62. The maximum atomic E-state index is 12.9. The topological polar surface area (TPSA) is 52.3 Å². The second-order valence-corrected chi connectivity index (χ2v) is 7.73. The van der Waals surface area contributed by atoms with Gasteiger partial charge in [0.1, 0.15) is 5.75 Å². The standard InChI is InChI=1S/C22H20ClNO2S/c1-26-18-12-8-15(9-13-18)20(25)14-22(16-6-10-17(23)11-7-16)27-21-5-3-2-4-19(21)24/h2-13,22H,14,24H2,1H3. The molecule has 2 N–H and O–H groups in total. The van der Waals surface area contributed by atoms with E-state index in [0.717, 1.165) is 16.2 Å². The zero-order chi connectivity index (χ0) is 19.2. The molecule has 0 aromatic heterocycles. The van der Waals surface area contributed by atoms with Crippen LogP contribution in [0.25, 0.3) is 0 Å². The summed E-state index contributed by atoms with van der Waals surface area (Å²) in [5.41, 5.74) is 8.51. The molecule has 0 aliphatic heterocycles. The van der Waals surface area contributed by atoms with Gasteiger partial charge in [0.05, 0.1) is 7.11 Å². The van der Waals surface area contributed by atoms with Crippen molar-refractivity contribution in [1.29, 1.82) is 0 Å². The number of thioether (sulfide) groups is 1. The third-order valence-corrected chi connectivity index (χ3v) is 5.81. The van der Waals surface area contributed by atoms with Crippen molar-refractivity contribution in [2.75, 3.05) is 12.8 Å². The molecule has 0 spiro atoms.